The van der Waals surface area contributed by atoms with Crippen LogP contribution in [0.1, 0.15) is 57.9 Å². The first-order chi connectivity index (χ1) is 16.2. The number of halogens is 3. The highest BCUT2D eigenvalue weighted by molar-refractivity contribution is 7.88. The molecule has 7 heteroatoms. The van der Waals surface area contributed by atoms with Gasteiger partial charge < -0.3 is 4.18 Å². The Balaban J connectivity index is 0.000000151. The zero-order valence-corrected chi connectivity index (χ0v) is 19.8. The van der Waals surface area contributed by atoms with E-state index in [-0.39, 0.29) is 7.18 Å². The van der Waals surface area contributed by atoms with Crippen LogP contribution in [-0.2, 0) is 10.1 Å². The maximum Gasteiger partial charge on any atom is 0.534 e. The van der Waals surface area contributed by atoms with Gasteiger partial charge in [-0.05, 0) is 85.8 Å². The summed E-state index contributed by atoms with van der Waals surface area (Å²) in [5, 5.41) is 0. The van der Waals surface area contributed by atoms with Crippen molar-refractivity contribution in [2.75, 3.05) is 0 Å². The third-order valence-corrected chi connectivity index (χ3v) is 8.35. The highest BCUT2D eigenvalue weighted by atomic mass is 32.2. The molecule has 3 nitrogen and oxygen atoms in total. The Bertz CT molecular complexity index is 1050. The topological polar surface area (TPSA) is 43.4 Å². The van der Waals surface area contributed by atoms with Crippen LogP contribution in [-0.4, -0.2) is 13.9 Å². The summed E-state index contributed by atoms with van der Waals surface area (Å²) in [6, 6.07) is 17.6. The summed E-state index contributed by atoms with van der Waals surface area (Å²) in [6.07, 6.45) is 15.2. The molecule has 0 N–H and O–H groups in total. The van der Waals surface area contributed by atoms with Gasteiger partial charge in [0.25, 0.3) is 0 Å². The Morgan fingerprint density at radius 1 is 0.765 bits per heavy atom. The molecule has 0 amide bonds. The minimum absolute atomic E-state index is 0. The molecule has 2 aromatic rings. The molecule has 0 aliphatic heterocycles. The second kappa shape index (κ2) is 10.5. The molecule has 3 fully saturated rings. The van der Waals surface area contributed by atoms with E-state index in [4.69, 9.17) is 0 Å². The minimum Gasteiger partial charge on any atom is -0.376 e. The van der Waals surface area contributed by atoms with Crippen molar-refractivity contribution in [1.29, 1.82) is 0 Å². The molecule has 5 atom stereocenters. The zero-order valence-electron chi connectivity index (χ0n) is 19.0. The fourth-order valence-corrected chi connectivity index (χ4v) is 6.18. The first-order valence-electron chi connectivity index (χ1n) is 12.0. The van der Waals surface area contributed by atoms with Crippen molar-refractivity contribution in [3.05, 3.63) is 78.4 Å². The number of benzene rings is 2. The summed E-state index contributed by atoms with van der Waals surface area (Å²) >= 11 is 0. The van der Waals surface area contributed by atoms with Gasteiger partial charge in [0, 0.05) is 1.43 Å². The largest absolute Gasteiger partial charge is 0.534 e. The Labute approximate surface area is 201 Å². The summed E-state index contributed by atoms with van der Waals surface area (Å²) in [5.74, 6) is 4.60. The standard InChI is InChI=1S/C13H16.C7H5F3O3S.C7H10.H2/c1-2-4-11(5-3-1)13-9-10-6-7-12(13)8-10;8-7(9,10)14(11,12)13-6-4-2-1-3-5-6;1-2-7-4-3-6(1)5-7;/h1-5,10,12-13H,6-9H2;1-5H;1-2,6-7H,3-5H2;1H. The molecule has 0 spiro atoms. The van der Waals surface area contributed by atoms with Crippen LogP contribution < -0.4 is 4.18 Å². The minimum atomic E-state index is -5.55. The lowest BCUT2D eigenvalue weighted by Crippen LogP contribution is -2.27. The molecule has 0 heterocycles. The van der Waals surface area contributed by atoms with E-state index in [0.29, 0.717) is 0 Å². The lowest BCUT2D eigenvalue weighted by Gasteiger charge is -2.21. The fourth-order valence-electron chi connectivity index (χ4n) is 5.72. The third kappa shape index (κ3) is 6.23. The molecule has 2 aromatic carbocycles. The molecule has 4 aliphatic rings. The van der Waals surface area contributed by atoms with Crippen LogP contribution in [0, 0.1) is 23.7 Å². The second-order valence-electron chi connectivity index (χ2n) is 9.71. The van der Waals surface area contributed by atoms with E-state index in [2.05, 4.69) is 46.7 Å². The molecule has 3 saturated carbocycles. The van der Waals surface area contributed by atoms with Crippen LogP contribution >= 0.6 is 0 Å². The van der Waals surface area contributed by atoms with E-state index >= 15 is 0 Å². The average Bonchev–Trinajstić information content (AvgIpc) is 3.63. The Morgan fingerprint density at radius 2 is 1.35 bits per heavy atom. The summed E-state index contributed by atoms with van der Waals surface area (Å²) in [6.45, 7) is 0. The molecule has 0 aromatic heterocycles. The van der Waals surface area contributed by atoms with Crippen LogP contribution in [0.25, 0.3) is 0 Å². The molecule has 4 aliphatic carbocycles. The van der Waals surface area contributed by atoms with Crippen molar-refractivity contribution in [3.8, 4) is 5.75 Å². The summed E-state index contributed by atoms with van der Waals surface area (Å²) in [7, 11) is -5.55. The maximum absolute atomic E-state index is 11.8. The predicted molar refractivity (Wildman–Crippen MR) is 129 cm³/mol. The van der Waals surface area contributed by atoms with Crippen molar-refractivity contribution in [1.82, 2.24) is 0 Å². The quantitative estimate of drug-likeness (QED) is 0.249. The van der Waals surface area contributed by atoms with Crippen molar-refractivity contribution in [2.24, 2.45) is 23.7 Å². The molecule has 6 rings (SSSR count). The van der Waals surface area contributed by atoms with Crippen molar-refractivity contribution < 1.29 is 27.2 Å². The first-order valence-corrected chi connectivity index (χ1v) is 13.4. The molecule has 5 unspecified atom stereocenters. The lowest BCUT2D eigenvalue weighted by atomic mass is 9.84. The molecular formula is C27H33F3O3S. The average molecular weight is 495 g/mol. The van der Waals surface area contributed by atoms with E-state index in [9.17, 15) is 21.6 Å². The number of allylic oxidation sites excluding steroid dienone is 2. The Kier molecular flexibility index (Phi) is 7.70. The van der Waals surface area contributed by atoms with Gasteiger partial charge in [0.2, 0.25) is 0 Å². The van der Waals surface area contributed by atoms with Crippen molar-refractivity contribution >= 4 is 10.1 Å². The van der Waals surface area contributed by atoms with E-state index in [1.807, 2.05) is 0 Å². The third-order valence-electron chi connectivity index (χ3n) is 7.37. The number of alkyl halides is 3. The van der Waals surface area contributed by atoms with Gasteiger partial charge in [-0.25, -0.2) is 0 Å². The van der Waals surface area contributed by atoms with Gasteiger partial charge >= 0.3 is 15.6 Å². The summed E-state index contributed by atoms with van der Waals surface area (Å²) < 4.78 is 60.2. The van der Waals surface area contributed by atoms with Crippen LogP contribution in [0.15, 0.2) is 72.8 Å². The normalized spacial score (nSPS) is 28.6. The van der Waals surface area contributed by atoms with Gasteiger partial charge in [-0.2, -0.15) is 21.6 Å². The zero-order chi connectivity index (χ0) is 24.2. The molecular weight excluding hydrogens is 461 g/mol. The maximum atomic E-state index is 11.8. The Hall–Kier alpha value is -2.28. The Morgan fingerprint density at radius 3 is 1.76 bits per heavy atom. The summed E-state index contributed by atoms with van der Waals surface area (Å²) in [5.41, 5.74) is -3.81. The van der Waals surface area contributed by atoms with Gasteiger partial charge in [0.15, 0.2) is 0 Å². The number of fused-ring (bicyclic) bond motifs is 4. The van der Waals surface area contributed by atoms with Crippen LogP contribution in [0.3, 0.4) is 0 Å². The number of hydrogen-bond acceptors (Lipinski definition) is 3. The van der Waals surface area contributed by atoms with E-state index in [1.54, 1.807) is 5.56 Å². The highest BCUT2D eigenvalue weighted by Gasteiger charge is 2.48. The predicted octanol–water partition coefficient (Wildman–Crippen LogP) is 7.72. The van der Waals surface area contributed by atoms with Gasteiger partial charge in [-0.15, -0.1) is 0 Å². The molecule has 186 valence electrons. The van der Waals surface area contributed by atoms with Gasteiger partial charge in [0.1, 0.15) is 5.75 Å². The monoisotopic (exact) mass is 494 g/mol. The molecule has 4 bridgehead atoms. The number of para-hydroxylation sites is 1. The lowest BCUT2D eigenvalue weighted by molar-refractivity contribution is -0.0500. The molecule has 34 heavy (non-hydrogen) atoms. The molecule has 0 radical (unpaired) electrons. The second-order valence-corrected chi connectivity index (χ2v) is 11.2. The van der Waals surface area contributed by atoms with Gasteiger partial charge in [-0.1, -0.05) is 67.1 Å². The number of rotatable bonds is 3. The summed E-state index contributed by atoms with van der Waals surface area (Å²) in [4.78, 5) is 0. The van der Waals surface area contributed by atoms with Crippen LogP contribution in [0.4, 0.5) is 13.2 Å². The van der Waals surface area contributed by atoms with Crippen molar-refractivity contribution in [2.45, 2.75) is 56.4 Å². The fraction of sp³-hybridized carbons (Fsp3) is 0.481. The van der Waals surface area contributed by atoms with Gasteiger partial charge in [-0.3, -0.25) is 0 Å². The highest BCUT2D eigenvalue weighted by Crippen LogP contribution is 2.52. The van der Waals surface area contributed by atoms with Crippen LogP contribution in [0.5, 0.6) is 5.75 Å². The van der Waals surface area contributed by atoms with Crippen molar-refractivity contribution in [3.63, 3.8) is 0 Å². The SMILES string of the molecule is C1=CC2CCC1C2.O=S(=O)(Oc1ccccc1)C(F)(F)F.[HH].c1ccc(C2CC3CCC2C3)cc1. The van der Waals surface area contributed by atoms with Crippen LogP contribution in [0.2, 0.25) is 0 Å². The van der Waals surface area contributed by atoms with E-state index < -0.39 is 15.6 Å². The molecule has 0 saturated heterocycles. The van der Waals surface area contributed by atoms with E-state index in [0.717, 1.165) is 41.7 Å². The number of hydrogen-bond donors (Lipinski definition) is 0. The first kappa shape index (κ1) is 24.8. The van der Waals surface area contributed by atoms with Gasteiger partial charge in [0.05, 0.1) is 0 Å². The smallest absolute Gasteiger partial charge is 0.376 e. The van der Waals surface area contributed by atoms with E-state index in [1.165, 1.54) is 63.1 Å².